The molecule has 6 nitrogen and oxygen atoms in total. The fraction of sp³-hybridized carbons (Fsp3) is 0.0952. The van der Waals surface area contributed by atoms with Crippen molar-refractivity contribution >= 4 is 65.3 Å². The van der Waals surface area contributed by atoms with Crippen molar-refractivity contribution in [2.45, 2.75) is 10.6 Å². The summed E-state index contributed by atoms with van der Waals surface area (Å²) >= 11 is 10.1. The van der Waals surface area contributed by atoms with Crippen LogP contribution in [0.3, 0.4) is 0 Å². The molecule has 1 aromatic carbocycles. The van der Waals surface area contributed by atoms with E-state index in [2.05, 4.69) is 20.9 Å². The number of sulfone groups is 1. The second-order valence-corrected chi connectivity index (χ2v) is 11.6. The third-order valence-corrected chi connectivity index (χ3v) is 8.51. The van der Waals surface area contributed by atoms with Gasteiger partial charge in [0.1, 0.15) is 15.8 Å². The number of aromatic nitrogens is 2. The Bertz CT molecular complexity index is 1460. The summed E-state index contributed by atoms with van der Waals surface area (Å²) < 4.78 is 27.3. The zero-order valence-electron chi connectivity index (χ0n) is 15.8. The lowest BCUT2D eigenvalue weighted by atomic mass is 10.1. The Kier molecular flexibility index (Phi) is 6.11. The number of carbonyl (C=O) groups is 1. The van der Waals surface area contributed by atoms with E-state index in [0.717, 1.165) is 21.2 Å². The Labute approximate surface area is 195 Å². The van der Waals surface area contributed by atoms with Gasteiger partial charge in [0.05, 0.1) is 4.34 Å². The summed E-state index contributed by atoms with van der Waals surface area (Å²) in [6.07, 6.45) is 3.04. The molecule has 0 fully saturated rings. The number of halogens is 2. The molecule has 10 heteroatoms. The van der Waals surface area contributed by atoms with Crippen LogP contribution < -0.4 is 5.56 Å². The molecule has 0 unspecified atom stereocenters. The van der Waals surface area contributed by atoms with Crippen LogP contribution in [0.15, 0.2) is 74.4 Å². The summed E-state index contributed by atoms with van der Waals surface area (Å²) in [7, 11) is -3.73. The van der Waals surface area contributed by atoms with Crippen molar-refractivity contribution in [3.63, 3.8) is 0 Å². The van der Waals surface area contributed by atoms with Crippen molar-refractivity contribution in [2.75, 3.05) is 5.75 Å². The fourth-order valence-electron chi connectivity index (χ4n) is 3.08. The SMILES string of the molecule is O=C(Cc1ccc(-n2ccc3ccc(Br)cc3c2=O)nc1)CS(=O)(=O)c1ccc(Cl)s1. The first-order valence-electron chi connectivity index (χ1n) is 8.99. The maximum Gasteiger partial charge on any atom is 0.264 e. The summed E-state index contributed by atoms with van der Waals surface area (Å²) in [4.78, 5) is 29.4. The quantitative estimate of drug-likeness (QED) is 0.363. The number of hydrogen-bond donors (Lipinski definition) is 0. The first-order valence-corrected chi connectivity index (χ1v) is 12.6. The lowest BCUT2D eigenvalue weighted by Crippen LogP contribution is -2.19. The molecule has 3 heterocycles. The number of hydrogen-bond acceptors (Lipinski definition) is 6. The van der Waals surface area contributed by atoms with E-state index in [0.29, 0.717) is 21.1 Å². The first-order chi connectivity index (χ1) is 14.7. The van der Waals surface area contributed by atoms with Crippen molar-refractivity contribution in [1.29, 1.82) is 0 Å². The molecule has 4 aromatic rings. The number of nitrogens with zero attached hydrogens (tertiary/aromatic N) is 2. The van der Waals surface area contributed by atoms with Crippen molar-refractivity contribution in [1.82, 2.24) is 9.55 Å². The molecule has 158 valence electrons. The van der Waals surface area contributed by atoms with Gasteiger partial charge in [0.2, 0.25) is 0 Å². The highest BCUT2D eigenvalue weighted by Gasteiger charge is 2.21. The molecule has 0 radical (unpaired) electrons. The summed E-state index contributed by atoms with van der Waals surface area (Å²) in [6, 6.07) is 13.5. The molecule has 31 heavy (non-hydrogen) atoms. The van der Waals surface area contributed by atoms with Crippen LogP contribution >= 0.6 is 38.9 Å². The Morgan fingerprint density at radius 2 is 1.94 bits per heavy atom. The molecule has 0 N–H and O–H groups in total. The van der Waals surface area contributed by atoms with Gasteiger partial charge in [-0.05, 0) is 47.3 Å². The standard InChI is InChI=1S/C21H14BrClN2O4S2/c22-15-3-2-14-7-8-25(21(27)17(14)10-15)19-5-1-13(11-24-19)9-16(26)12-31(28,29)20-6-4-18(23)30-20/h1-8,10-11H,9,12H2. The smallest absolute Gasteiger partial charge is 0.264 e. The summed E-state index contributed by atoms with van der Waals surface area (Å²) in [5.41, 5.74) is 0.348. The zero-order chi connectivity index (χ0) is 22.2. The highest BCUT2D eigenvalue weighted by Crippen LogP contribution is 2.26. The number of pyridine rings is 2. The van der Waals surface area contributed by atoms with E-state index in [9.17, 15) is 18.0 Å². The van der Waals surface area contributed by atoms with Crippen molar-refractivity contribution in [2.24, 2.45) is 0 Å². The van der Waals surface area contributed by atoms with E-state index >= 15 is 0 Å². The van der Waals surface area contributed by atoms with E-state index in [4.69, 9.17) is 11.6 Å². The number of carbonyl (C=O) groups excluding carboxylic acids is 1. The Morgan fingerprint density at radius 3 is 2.61 bits per heavy atom. The Morgan fingerprint density at radius 1 is 1.13 bits per heavy atom. The van der Waals surface area contributed by atoms with Crippen LogP contribution in [-0.4, -0.2) is 29.5 Å². The maximum atomic E-state index is 12.8. The summed E-state index contributed by atoms with van der Waals surface area (Å²) in [5.74, 6) is -0.652. The largest absolute Gasteiger partial charge is 0.298 e. The molecule has 0 bridgehead atoms. The van der Waals surface area contributed by atoms with Gasteiger partial charge >= 0.3 is 0 Å². The van der Waals surface area contributed by atoms with Crippen LogP contribution in [0.1, 0.15) is 5.56 Å². The Balaban J connectivity index is 1.52. The van der Waals surface area contributed by atoms with E-state index in [-0.39, 0.29) is 16.2 Å². The normalized spacial score (nSPS) is 11.7. The molecule has 4 rings (SSSR count). The van der Waals surface area contributed by atoms with Gasteiger partial charge in [-0.25, -0.2) is 13.4 Å². The summed E-state index contributed by atoms with van der Waals surface area (Å²) in [6.45, 7) is 0. The molecule has 0 aliphatic rings. The van der Waals surface area contributed by atoms with Crippen molar-refractivity contribution in [3.05, 3.63) is 85.7 Å². The van der Waals surface area contributed by atoms with Crippen LogP contribution in [0, 0.1) is 0 Å². The highest BCUT2D eigenvalue weighted by molar-refractivity contribution is 9.10. The minimum Gasteiger partial charge on any atom is -0.298 e. The van der Waals surface area contributed by atoms with Gasteiger partial charge in [-0.1, -0.05) is 39.7 Å². The number of thiophene rings is 1. The molecular formula is C21H14BrClN2O4S2. The van der Waals surface area contributed by atoms with Crippen LogP contribution in [0.4, 0.5) is 0 Å². The van der Waals surface area contributed by atoms with E-state index < -0.39 is 21.4 Å². The van der Waals surface area contributed by atoms with Crippen LogP contribution in [-0.2, 0) is 21.1 Å². The second-order valence-electron chi connectivity index (χ2n) is 6.78. The molecule has 0 saturated heterocycles. The van der Waals surface area contributed by atoms with Gasteiger partial charge < -0.3 is 0 Å². The lowest BCUT2D eigenvalue weighted by Gasteiger charge is -2.08. The van der Waals surface area contributed by atoms with Crippen LogP contribution in [0.5, 0.6) is 0 Å². The van der Waals surface area contributed by atoms with E-state index in [1.54, 1.807) is 24.4 Å². The molecule has 0 aliphatic heterocycles. The summed E-state index contributed by atoms with van der Waals surface area (Å²) in [5, 5.41) is 1.37. The van der Waals surface area contributed by atoms with Crippen molar-refractivity contribution in [3.8, 4) is 5.82 Å². The number of fused-ring (bicyclic) bond motifs is 1. The third kappa shape index (κ3) is 4.79. The number of benzene rings is 1. The Hall–Kier alpha value is -2.33. The molecular weight excluding hydrogens is 524 g/mol. The number of ketones is 1. The van der Waals surface area contributed by atoms with Gasteiger partial charge in [-0.3, -0.25) is 14.2 Å². The number of rotatable bonds is 6. The molecule has 0 spiro atoms. The third-order valence-electron chi connectivity index (χ3n) is 4.53. The minimum absolute atomic E-state index is 0.0710. The predicted molar refractivity (Wildman–Crippen MR) is 125 cm³/mol. The van der Waals surface area contributed by atoms with Gasteiger partial charge in [0.15, 0.2) is 15.6 Å². The first kappa shape index (κ1) is 21.9. The average molecular weight is 538 g/mol. The number of Topliss-reactive ketones (excluding diaryl/α,β-unsaturated/α-hetero) is 1. The van der Waals surface area contributed by atoms with Crippen molar-refractivity contribution < 1.29 is 13.2 Å². The molecule has 0 saturated carbocycles. The highest BCUT2D eigenvalue weighted by atomic mass is 79.9. The second kappa shape index (κ2) is 8.66. The van der Waals surface area contributed by atoms with Crippen LogP contribution in [0.25, 0.3) is 16.6 Å². The van der Waals surface area contributed by atoms with Gasteiger partial charge in [-0.15, -0.1) is 11.3 Å². The fourth-order valence-corrected chi connectivity index (χ4v) is 6.25. The molecule has 0 atom stereocenters. The van der Waals surface area contributed by atoms with Crippen LogP contribution in [0.2, 0.25) is 4.34 Å². The van der Waals surface area contributed by atoms with E-state index in [1.165, 1.54) is 22.9 Å². The maximum absolute atomic E-state index is 12.8. The lowest BCUT2D eigenvalue weighted by molar-refractivity contribution is -0.116. The van der Waals surface area contributed by atoms with Gasteiger partial charge in [0, 0.05) is 28.7 Å². The minimum atomic E-state index is -3.73. The molecule has 3 aromatic heterocycles. The average Bonchev–Trinajstić information content (AvgIpc) is 3.16. The monoisotopic (exact) mass is 536 g/mol. The topological polar surface area (TPSA) is 86.1 Å². The van der Waals surface area contributed by atoms with Gasteiger partial charge in [0.25, 0.3) is 5.56 Å². The predicted octanol–water partition coefficient (Wildman–Crippen LogP) is 4.45. The zero-order valence-corrected chi connectivity index (χ0v) is 19.8. The van der Waals surface area contributed by atoms with E-state index in [1.807, 2.05) is 18.2 Å². The molecule has 0 amide bonds. The molecule has 0 aliphatic carbocycles. The van der Waals surface area contributed by atoms with Gasteiger partial charge in [-0.2, -0.15) is 0 Å².